The molecule has 0 unspecified atom stereocenters. The van der Waals surface area contributed by atoms with Crippen LogP contribution < -0.4 is 10.6 Å². The molecule has 0 fully saturated rings. The van der Waals surface area contributed by atoms with Crippen LogP contribution in [-0.4, -0.2) is 25.8 Å². The Morgan fingerprint density at radius 2 is 2.12 bits per heavy atom. The highest BCUT2D eigenvalue weighted by Gasteiger charge is 2.09. The summed E-state index contributed by atoms with van der Waals surface area (Å²) in [6, 6.07) is 7.95. The minimum atomic E-state index is -0.310. The van der Waals surface area contributed by atoms with Crippen molar-refractivity contribution in [2.75, 3.05) is 5.32 Å². The highest BCUT2D eigenvalue weighted by Crippen LogP contribution is 2.22. The number of nitrogens with one attached hydrogen (secondary N) is 2. The zero-order valence-electron chi connectivity index (χ0n) is 13.5. The first-order valence-corrected chi connectivity index (χ1v) is 8.30. The third-order valence-electron chi connectivity index (χ3n) is 3.61. The summed E-state index contributed by atoms with van der Waals surface area (Å²) in [5.41, 5.74) is 2.52. The van der Waals surface area contributed by atoms with E-state index in [2.05, 4.69) is 44.8 Å². The number of hydrogen-bond donors (Lipinski definition) is 2. The zero-order chi connectivity index (χ0) is 16.9. The number of amides is 2. The van der Waals surface area contributed by atoms with E-state index in [0.717, 1.165) is 11.3 Å². The Balaban J connectivity index is 1.55. The van der Waals surface area contributed by atoms with Crippen molar-refractivity contribution in [3.8, 4) is 0 Å². The lowest BCUT2D eigenvalue weighted by Crippen LogP contribution is -2.29. The summed E-state index contributed by atoms with van der Waals surface area (Å²) in [6.45, 7) is 2.40. The number of nitrogens with zero attached hydrogens (tertiary/aromatic N) is 4. The summed E-state index contributed by atoms with van der Waals surface area (Å²) < 4.78 is 1.62. The highest BCUT2D eigenvalue weighted by atomic mass is 32.1. The molecule has 0 aliphatic carbocycles. The number of hydrogen-bond acceptors (Lipinski definition) is 5. The van der Waals surface area contributed by atoms with Crippen LogP contribution in [0.5, 0.6) is 0 Å². The number of carbonyl (C=O) groups is 1. The average molecular weight is 342 g/mol. The average Bonchev–Trinajstić information content (AvgIpc) is 3.17. The van der Waals surface area contributed by atoms with Crippen molar-refractivity contribution in [3.05, 3.63) is 58.6 Å². The van der Waals surface area contributed by atoms with Gasteiger partial charge in [-0.3, -0.25) is 10.00 Å². The zero-order valence-corrected chi connectivity index (χ0v) is 14.3. The van der Waals surface area contributed by atoms with Gasteiger partial charge in [-0.1, -0.05) is 24.3 Å². The topological polar surface area (TPSA) is 84.7 Å². The van der Waals surface area contributed by atoms with E-state index in [9.17, 15) is 4.79 Å². The number of aromatic nitrogens is 4. The van der Waals surface area contributed by atoms with E-state index >= 15 is 0 Å². The second kappa shape index (κ2) is 7.22. The van der Waals surface area contributed by atoms with Gasteiger partial charge in [-0.25, -0.2) is 14.8 Å². The Hall–Kier alpha value is -2.74. The lowest BCUT2D eigenvalue weighted by Gasteiger charge is -2.04. The number of benzene rings is 1. The number of urea groups is 1. The molecule has 3 aromatic rings. The van der Waals surface area contributed by atoms with Crippen molar-refractivity contribution in [1.29, 1.82) is 0 Å². The molecule has 0 radical (unpaired) electrons. The second-order valence-corrected chi connectivity index (χ2v) is 6.46. The van der Waals surface area contributed by atoms with Crippen molar-refractivity contribution >= 4 is 22.5 Å². The fourth-order valence-electron chi connectivity index (χ4n) is 2.22. The fraction of sp³-hybridized carbons (Fsp3) is 0.250. The predicted octanol–water partition coefficient (Wildman–Crippen LogP) is 2.49. The third-order valence-corrected chi connectivity index (χ3v) is 4.52. The molecule has 7 nitrogen and oxygen atoms in total. The molecule has 2 amide bonds. The molecule has 2 heterocycles. The molecule has 2 aromatic heterocycles. The van der Waals surface area contributed by atoms with Gasteiger partial charge in [-0.2, -0.15) is 5.10 Å². The lowest BCUT2D eigenvalue weighted by molar-refractivity contribution is 0.251. The fourth-order valence-corrected chi connectivity index (χ4v) is 3.05. The van der Waals surface area contributed by atoms with Gasteiger partial charge in [-0.15, -0.1) is 11.3 Å². The maximum atomic E-state index is 11.9. The number of thiazole rings is 1. The van der Waals surface area contributed by atoms with Crippen LogP contribution in [-0.2, 0) is 20.0 Å². The molecule has 0 saturated heterocycles. The molecule has 24 heavy (non-hydrogen) atoms. The molecular weight excluding hydrogens is 324 g/mol. The Bertz CT molecular complexity index is 840. The normalized spacial score (nSPS) is 10.6. The van der Waals surface area contributed by atoms with E-state index in [4.69, 9.17) is 0 Å². The number of aryl methyl sites for hydroxylation is 2. The lowest BCUT2D eigenvalue weighted by atomic mass is 10.1. The van der Waals surface area contributed by atoms with Crippen LogP contribution in [0.15, 0.2) is 36.8 Å². The Morgan fingerprint density at radius 3 is 2.88 bits per heavy atom. The molecule has 124 valence electrons. The molecule has 2 N–H and O–H groups in total. The molecule has 0 bridgehead atoms. The van der Waals surface area contributed by atoms with E-state index < -0.39 is 0 Å². The first kappa shape index (κ1) is 16.1. The Morgan fingerprint density at radius 1 is 1.29 bits per heavy atom. The SMILES string of the molecule is Cc1ccccc1Cc1cnc(NC(=O)NCc2ncnn2C)s1. The van der Waals surface area contributed by atoms with Gasteiger partial charge >= 0.3 is 6.03 Å². The van der Waals surface area contributed by atoms with Crippen molar-refractivity contribution in [1.82, 2.24) is 25.1 Å². The van der Waals surface area contributed by atoms with Crippen LogP contribution >= 0.6 is 11.3 Å². The predicted molar refractivity (Wildman–Crippen MR) is 93.0 cm³/mol. The summed E-state index contributed by atoms with van der Waals surface area (Å²) in [4.78, 5) is 21.3. The molecular formula is C16H18N6OS. The van der Waals surface area contributed by atoms with Gasteiger partial charge in [0.15, 0.2) is 5.13 Å². The molecule has 0 spiro atoms. The second-order valence-electron chi connectivity index (χ2n) is 5.34. The van der Waals surface area contributed by atoms with Crippen LogP contribution in [0, 0.1) is 6.92 Å². The van der Waals surface area contributed by atoms with Crippen LogP contribution in [0.25, 0.3) is 0 Å². The van der Waals surface area contributed by atoms with Gasteiger partial charge in [0.05, 0.1) is 6.54 Å². The molecule has 3 rings (SSSR count). The van der Waals surface area contributed by atoms with E-state index in [-0.39, 0.29) is 6.03 Å². The Kier molecular flexibility index (Phi) is 4.85. The smallest absolute Gasteiger partial charge is 0.321 e. The van der Waals surface area contributed by atoms with Crippen LogP contribution in [0.3, 0.4) is 0 Å². The van der Waals surface area contributed by atoms with E-state index in [1.807, 2.05) is 12.1 Å². The minimum absolute atomic E-state index is 0.309. The van der Waals surface area contributed by atoms with Crippen molar-refractivity contribution in [2.24, 2.45) is 7.05 Å². The van der Waals surface area contributed by atoms with Gasteiger partial charge in [0.1, 0.15) is 12.2 Å². The third kappa shape index (κ3) is 3.96. The monoisotopic (exact) mass is 342 g/mol. The Labute approximate surface area is 143 Å². The number of anilines is 1. The van der Waals surface area contributed by atoms with E-state index in [1.54, 1.807) is 17.9 Å². The largest absolute Gasteiger partial charge is 0.331 e. The van der Waals surface area contributed by atoms with Crippen LogP contribution in [0.4, 0.5) is 9.93 Å². The quantitative estimate of drug-likeness (QED) is 0.746. The molecule has 0 aliphatic rings. The van der Waals surface area contributed by atoms with Gasteiger partial charge in [0.2, 0.25) is 0 Å². The number of rotatable bonds is 5. The van der Waals surface area contributed by atoms with E-state index in [0.29, 0.717) is 17.5 Å². The standard InChI is InChI=1S/C16H18N6OS/c1-11-5-3-4-6-12(11)7-13-8-18-16(24-13)21-15(23)17-9-14-19-10-20-22(14)2/h3-6,8,10H,7,9H2,1-2H3,(H2,17,18,21,23). The highest BCUT2D eigenvalue weighted by molar-refractivity contribution is 7.15. The van der Waals surface area contributed by atoms with Crippen LogP contribution in [0.1, 0.15) is 21.8 Å². The summed E-state index contributed by atoms with van der Waals surface area (Å²) in [7, 11) is 1.78. The summed E-state index contributed by atoms with van der Waals surface area (Å²) in [6.07, 6.45) is 4.07. The maximum Gasteiger partial charge on any atom is 0.321 e. The van der Waals surface area contributed by atoms with Gasteiger partial charge < -0.3 is 5.32 Å². The first-order chi connectivity index (χ1) is 11.6. The van der Waals surface area contributed by atoms with Crippen molar-refractivity contribution in [2.45, 2.75) is 19.9 Å². The molecule has 0 atom stereocenters. The summed E-state index contributed by atoms with van der Waals surface area (Å²) in [5, 5.41) is 10.0. The van der Waals surface area contributed by atoms with Gasteiger partial charge in [-0.05, 0) is 18.1 Å². The summed E-state index contributed by atoms with van der Waals surface area (Å²) in [5.74, 6) is 0.685. The van der Waals surface area contributed by atoms with Crippen molar-refractivity contribution < 1.29 is 4.79 Å². The van der Waals surface area contributed by atoms with Crippen LogP contribution in [0.2, 0.25) is 0 Å². The van der Waals surface area contributed by atoms with Gasteiger partial charge in [0.25, 0.3) is 0 Å². The maximum absolute atomic E-state index is 11.9. The molecule has 0 saturated carbocycles. The van der Waals surface area contributed by atoms with Gasteiger partial charge in [0, 0.05) is 24.5 Å². The van der Waals surface area contributed by atoms with Crippen molar-refractivity contribution in [3.63, 3.8) is 0 Å². The number of carbonyl (C=O) groups excluding carboxylic acids is 1. The minimum Gasteiger partial charge on any atom is -0.331 e. The molecule has 1 aromatic carbocycles. The molecule has 8 heteroatoms. The summed E-state index contributed by atoms with van der Waals surface area (Å²) >= 11 is 1.47. The first-order valence-electron chi connectivity index (χ1n) is 7.49. The molecule has 0 aliphatic heterocycles. The van der Waals surface area contributed by atoms with E-state index in [1.165, 1.54) is 28.8 Å².